The lowest BCUT2D eigenvalue weighted by molar-refractivity contribution is -0.149. The van der Waals surface area contributed by atoms with Crippen LogP contribution in [0.2, 0.25) is 0 Å². The summed E-state index contributed by atoms with van der Waals surface area (Å²) >= 11 is 0. The van der Waals surface area contributed by atoms with E-state index in [0.717, 1.165) is 48.1 Å². The van der Waals surface area contributed by atoms with Gasteiger partial charge < -0.3 is 18.9 Å². The smallest absolute Gasteiger partial charge is 0.336 e. The third-order valence-electron chi connectivity index (χ3n) is 6.51. The molecule has 3 aromatic rings. The van der Waals surface area contributed by atoms with Gasteiger partial charge in [-0.25, -0.2) is 9.67 Å². The number of rotatable bonds is 13. The number of aromatic nitrogens is 4. The van der Waals surface area contributed by atoms with E-state index in [2.05, 4.69) is 27.2 Å². The Morgan fingerprint density at radius 2 is 1.74 bits per heavy atom. The molecule has 1 atom stereocenters. The number of ether oxygens (including phenoxy) is 4. The number of pyridine rings is 1. The number of benzene rings is 1. The molecular weight excluding hydrogens is 516 g/mol. The predicted molar refractivity (Wildman–Crippen MR) is 154 cm³/mol. The molecule has 10 heteroatoms. The molecule has 4 rings (SSSR count). The van der Waals surface area contributed by atoms with Gasteiger partial charge in [-0.15, -0.1) is 5.10 Å². The summed E-state index contributed by atoms with van der Waals surface area (Å²) in [6.45, 7) is 5.58. The van der Waals surface area contributed by atoms with Crippen molar-refractivity contribution in [2.45, 2.75) is 52.4 Å². The van der Waals surface area contributed by atoms with E-state index in [4.69, 9.17) is 18.9 Å². The van der Waals surface area contributed by atoms with Crippen LogP contribution in [0.4, 0.5) is 0 Å². The zero-order chi connectivity index (χ0) is 27.6. The van der Waals surface area contributed by atoms with Crippen molar-refractivity contribution in [1.82, 2.24) is 19.7 Å². The first-order valence-electron chi connectivity index (χ1n) is 13.4. The fourth-order valence-corrected chi connectivity index (χ4v) is 4.85. The van der Waals surface area contributed by atoms with Crippen LogP contribution in [-0.2, 0) is 21.0 Å². The van der Waals surface area contributed by atoms with E-state index in [1.807, 2.05) is 56.4 Å². The topological polar surface area (TPSA) is 97.6 Å². The van der Waals surface area contributed by atoms with Crippen LogP contribution in [0.25, 0.3) is 22.5 Å². The van der Waals surface area contributed by atoms with E-state index >= 15 is 0 Å². The summed E-state index contributed by atoms with van der Waals surface area (Å²) in [5, 5.41) is 4.45. The average molecular weight is 555 g/mol. The summed E-state index contributed by atoms with van der Waals surface area (Å²) in [6.07, 6.45) is 7.20. The van der Waals surface area contributed by atoms with Gasteiger partial charge in [-0.05, 0) is 57.4 Å². The summed E-state index contributed by atoms with van der Waals surface area (Å²) in [5.41, 5.74) is 2.94. The molecular formula is C29H38N4O5S. The molecule has 0 N–H and O–H groups in total. The molecule has 1 unspecified atom stereocenters. The van der Waals surface area contributed by atoms with Crippen LogP contribution in [0.5, 0.6) is 11.9 Å². The van der Waals surface area contributed by atoms with E-state index in [0.29, 0.717) is 44.3 Å². The van der Waals surface area contributed by atoms with Gasteiger partial charge in [0.2, 0.25) is 5.88 Å². The van der Waals surface area contributed by atoms with E-state index < -0.39 is 0 Å². The average Bonchev–Trinajstić information content (AvgIpc) is 3.35. The minimum Gasteiger partial charge on any atom is -0.474 e. The van der Waals surface area contributed by atoms with E-state index in [1.165, 1.54) is 0 Å². The van der Waals surface area contributed by atoms with Gasteiger partial charge in [0, 0.05) is 29.1 Å². The number of esters is 1. The number of nitrogens with zero attached hydrogens (tertiary/aromatic N) is 4. The second kappa shape index (κ2) is 14.2. The van der Waals surface area contributed by atoms with Gasteiger partial charge in [-0.3, -0.25) is 4.79 Å². The monoisotopic (exact) mass is 554 g/mol. The van der Waals surface area contributed by atoms with Crippen molar-refractivity contribution in [2.75, 3.05) is 31.8 Å². The van der Waals surface area contributed by atoms with Gasteiger partial charge in [0.1, 0.15) is 12.8 Å². The standard InChI is InChI=1S/C29H38N4O5S/c1-5-36-28(34)23-11-14-25(15-12-23)38-26-16-13-24(19-30-26)21-7-9-22(10-8-21)27-31-29(37-6-2)32-33(27)20-35-17-18-39(3)4/h7-10,13,16,19,23,25H,3,5-6,11-12,14-15,17-18,20H2,1-2,4H3. The molecule has 0 spiro atoms. The molecule has 1 aliphatic rings. The van der Waals surface area contributed by atoms with Crippen LogP contribution in [0, 0.1) is 5.92 Å². The summed E-state index contributed by atoms with van der Waals surface area (Å²) in [6, 6.07) is 12.3. The Morgan fingerprint density at radius 1 is 1.03 bits per heavy atom. The Labute approximate surface area is 232 Å². The fraction of sp³-hybridized carbons (Fsp3) is 0.483. The molecule has 0 saturated heterocycles. The van der Waals surface area contributed by atoms with Crippen LogP contribution in [0.3, 0.4) is 0 Å². The largest absolute Gasteiger partial charge is 0.474 e. The molecule has 210 valence electrons. The van der Waals surface area contributed by atoms with Gasteiger partial charge in [-0.1, -0.05) is 30.1 Å². The number of hydrogen-bond donors (Lipinski definition) is 0. The first-order chi connectivity index (χ1) is 19.0. The van der Waals surface area contributed by atoms with Crippen LogP contribution < -0.4 is 9.47 Å². The second-order valence-electron chi connectivity index (χ2n) is 9.48. The molecule has 0 radical (unpaired) electrons. The predicted octanol–water partition coefficient (Wildman–Crippen LogP) is 5.21. The van der Waals surface area contributed by atoms with Crippen molar-refractivity contribution < 1.29 is 23.7 Å². The summed E-state index contributed by atoms with van der Waals surface area (Å²) in [7, 11) is 0.0855. The minimum absolute atomic E-state index is 0.0158. The highest BCUT2D eigenvalue weighted by atomic mass is 32.2. The Hall–Kier alpha value is -3.24. The highest BCUT2D eigenvalue weighted by molar-refractivity contribution is 8.13. The molecule has 0 amide bonds. The molecule has 1 saturated carbocycles. The van der Waals surface area contributed by atoms with E-state index in [9.17, 15) is 4.79 Å². The van der Waals surface area contributed by atoms with Gasteiger partial charge in [0.25, 0.3) is 0 Å². The first-order valence-corrected chi connectivity index (χ1v) is 15.4. The van der Waals surface area contributed by atoms with Crippen LogP contribution in [0.15, 0.2) is 42.6 Å². The lowest BCUT2D eigenvalue weighted by atomic mass is 9.87. The Kier molecular flexibility index (Phi) is 10.5. The molecule has 2 aromatic heterocycles. The van der Waals surface area contributed by atoms with Crippen molar-refractivity contribution in [3.8, 4) is 34.4 Å². The van der Waals surface area contributed by atoms with Crippen LogP contribution >= 0.6 is 10.5 Å². The molecule has 39 heavy (non-hydrogen) atoms. The van der Waals surface area contributed by atoms with Gasteiger partial charge in [-0.2, -0.15) is 15.5 Å². The third kappa shape index (κ3) is 8.12. The number of hydrogen-bond acceptors (Lipinski definition) is 8. The van der Waals surface area contributed by atoms with Crippen molar-refractivity contribution in [1.29, 1.82) is 0 Å². The van der Waals surface area contributed by atoms with E-state index in [-0.39, 0.29) is 28.5 Å². The molecule has 1 fully saturated rings. The highest BCUT2D eigenvalue weighted by Gasteiger charge is 2.28. The minimum atomic E-state index is -0.0903. The van der Waals surface area contributed by atoms with Crippen molar-refractivity contribution in [3.63, 3.8) is 0 Å². The molecule has 2 heterocycles. The number of carbonyl (C=O) groups is 1. The third-order valence-corrected chi connectivity index (χ3v) is 7.37. The molecule has 1 aliphatic carbocycles. The summed E-state index contributed by atoms with van der Waals surface area (Å²) in [4.78, 5) is 21.0. The molecule has 0 bridgehead atoms. The fourth-order valence-electron chi connectivity index (χ4n) is 4.45. The Morgan fingerprint density at radius 3 is 2.38 bits per heavy atom. The van der Waals surface area contributed by atoms with Gasteiger partial charge in [0.05, 0.1) is 25.7 Å². The van der Waals surface area contributed by atoms with Crippen molar-refractivity contribution in [2.24, 2.45) is 5.92 Å². The Balaban J connectivity index is 1.37. The second-order valence-corrected chi connectivity index (χ2v) is 11.5. The van der Waals surface area contributed by atoms with Gasteiger partial charge >= 0.3 is 12.0 Å². The summed E-state index contributed by atoms with van der Waals surface area (Å²) in [5.74, 6) is 6.11. The zero-order valence-electron chi connectivity index (χ0n) is 23.0. The Bertz CT molecular complexity index is 1220. The molecule has 9 nitrogen and oxygen atoms in total. The van der Waals surface area contributed by atoms with Crippen molar-refractivity contribution in [3.05, 3.63) is 42.6 Å². The van der Waals surface area contributed by atoms with Gasteiger partial charge in [0.15, 0.2) is 5.82 Å². The van der Waals surface area contributed by atoms with Crippen LogP contribution in [0.1, 0.15) is 39.5 Å². The summed E-state index contributed by atoms with van der Waals surface area (Å²) < 4.78 is 24.3. The van der Waals surface area contributed by atoms with Crippen molar-refractivity contribution >= 4 is 22.3 Å². The van der Waals surface area contributed by atoms with Crippen LogP contribution in [-0.4, -0.2) is 69.5 Å². The maximum atomic E-state index is 12.0. The quantitative estimate of drug-likeness (QED) is 0.161. The SMILES string of the molecule is C=S(C)CCOCn1nc(OCC)nc1-c1ccc(-c2ccc(OC3CCC(C(=O)OCC)CC3)nc2)cc1. The first kappa shape index (κ1) is 28.8. The van der Waals surface area contributed by atoms with E-state index in [1.54, 1.807) is 4.68 Å². The number of carbonyl (C=O) groups excluding carboxylic acids is 1. The lowest BCUT2D eigenvalue weighted by Crippen LogP contribution is -2.29. The zero-order valence-corrected chi connectivity index (χ0v) is 23.8. The lowest BCUT2D eigenvalue weighted by Gasteiger charge is -2.27. The maximum absolute atomic E-state index is 12.0. The molecule has 0 aliphatic heterocycles. The highest BCUT2D eigenvalue weighted by Crippen LogP contribution is 2.29. The molecule has 1 aromatic carbocycles. The normalized spacial score (nSPS) is 17.9. The maximum Gasteiger partial charge on any atom is 0.336 e.